The van der Waals surface area contributed by atoms with Crippen molar-refractivity contribution in [1.82, 2.24) is 0 Å². The Hall–Kier alpha value is -1.96. The number of fused-ring (bicyclic) bond motifs is 2. The first-order valence-electron chi connectivity index (χ1n) is 5.72. The van der Waals surface area contributed by atoms with Crippen LogP contribution in [0.1, 0.15) is 16.7 Å². The van der Waals surface area contributed by atoms with Crippen molar-refractivity contribution >= 4 is 25.8 Å². The van der Waals surface area contributed by atoms with Crippen LogP contribution in [0.15, 0.2) is 48.5 Å². The molecule has 2 aromatic rings. The van der Waals surface area contributed by atoms with Crippen LogP contribution in [0.2, 0.25) is 0 Å². The Kier molecular flexibility index (Phi) is 2.48. The summed E-state index contributed by atoms with van der Waals surface area (Å²) >= 11 is 0. The highest BCUT2D eigenvalue weighted by Gasteiger charge is 2.09. The monoisotopic (exact) mass is 217 g/mol. The second-order valence-electron chi connectivity index (χ2n) is 4.22. The third kappa shape index (κ3) is 1.87. The minimum atomic E-state index is 0.734. The lowest BCUT2D eigenvalue weighted by atomic mass is 9.99. The highest BCUT2D eigenvalue weighted by atomic mass is 15.0. The Labute approximate surface area is 103 Å². The molecule has 0 amide bonds. The van der Waals surface area contributed by atoms with Crippen LogP contribution in [0.3, 0.4) is 0 Å². The van der Waals surface area contributed by atoms with Gasteiger partial charge in [0.05, 0.1) is 0 Å². The van der Waals surface area contributed by atoms with Gasteiger partial charge in [-0.25, -0.2) is 0 Å². The summed E-state index contributed by atoms with van der Waals surface area (Å²) in [6, 6.07) is 16.5. The predicted octanol–water partition coefficient (Wildman–Crippen LogP) is 3.26. The van der Waals surface area contributed by atoms with Crippen LogP contribution in [0.5, 0.6) is 0 Å². The molecule has 3 rings (SSSR count). The fraction of sp³-hybridized carbons (Fsp3) is 0.0667. The average molecular weight is 217 g/mol. The molecule has 2 heteroatoms. The molecule has 0 unspecified atom stereocenters. The molecule has 0 saturated carbocycles. The SMILES string of the molecule is [B]N1Cc2ccccc2/C=C\c2ccccc21. The van der Waals surface area contributed by atoms with Crippen LogP contribution in [0.25, 0.3) is 12.2 Å². The van der Waals surface area contributed by atoms with Crippen molar-refractivity contribution in [2.24, 2.45) is 0 Å². The van der Waals surface area contributed by atoms with Gasteiger partial charge < -0.3 is 4.81 Å². The maximum Gasteiger partial charge on any atom is 0.227 e. The topological polar surface area (TPSA) is 3.24 Å². The summed E-state index contributed by atoms with van der Waals surface area (Å²) < 4.78 is 0. The fourth-order valence-corrected chi connectivity index (χ4v) is 2.18. The normalized spacial score (nSPS) is 15.4. The molecule has 2 radical (unpaired) electrons. The number of rotatable bonds is 0. The van der Waals surface area contributed by atoms with E-state index in [1.54, 1.807) is 4.81 Å². The number of hydrogen-bond donors (Lipinski definition) is 0. The molecule has 1 nitrogen and oxygen atoms in total. The standard InChI is InChI=1S/C15H12BN/c16-17-11-14-7-2-1-5-12(14)9-10-13-6-3-4-8-15(13)17/h1-10H,11H2/b10-9-. The van der Waals surface area contributed by atoms with Gasteiger partial charge in [0, 0.05) is 12.2 Å². The molecule has 0 fully saturated rings. The molecule has 0 aliphatic carbocycles. The summed E-state index contributed by atoms with van der Waals surface area (Å²) in [6.45, 7) is 0.734. The van der Waals surface area contributed by atoms with Crippen LogP contribution in [-0.4, -0.2) is 7.98 Å². The fourth-order valence-electron chi connectivity index (χ4n) is 2.18. The molecule has 0 N–H and O–H groups in total. The highest BCUT2D eigenvalue weighted by molar-refractivity contribution is 6.18. The van der Waals surface area contributed by atoms with Crippen molar-refractivity contribution in [3.8, 4) is 0 Å². The van der Waals surface area contributed by atoms with E-state index in [1.165, 1.54) is 11.1 Å². The number of benzene rings is 2. The van der Waals surface area contributed by atoms with E-state index < -0.39 is 0 Å². The van der Waals surface area contributed by atoms with E-state index in [0.29, 0.717) is 0 Å². The average Bonchev–Trinajstić information content (AvgIpc) is 2.36. The van der Waals surface area contributed by atoms with Gasteiger partial charge in [-0.1, -0.05) is 54.6 Å². The van der Waals surface area contributed by atoms with E-state index in [0.717, 1.165) is 17.8 Å². The summed E-state index contributed by atoms with van der Waals surface area (Å²) in [5, 5.41) is 0. The van der Waals surface area contributed by atoms with Crippen LogP contribution in [0.4, 0.5) is 5.69 Å². The lowest BCUT2D eigenvalue weighted by Crippen LogP contribution is -2.20. The van der Waals surface area contributed by atoms with Crippen molar-refractivity contribution in [2.75, 3.05) is 4.81 Å². The van der Waals surface area contributed by atoms with E-state index in [9.17, 15) is 0 Å². The lowest BCUT2D eigenvalue weighted by Gasteiger charge is -2.25. The Balaban J connectivity index is 2.16. The molecule has 2 aromatic carbocycles. The number of anilines is 1. The molecule has 0 saturated heterocycles. The number of nitrogens with zero attached hydrogens (tertiary/aromatic N) is 1. The zero-order chi connectivity index (χ0) is 11.7. The van der Waals surface area contributed by atoms with E-state index in [1.807, 2.05) is 24.3 Å². The van der Waals surface area contributed by atoms with Crippen LogP contribution >= 0.6 is 0 Å². The molecule has 1 aliphatic rings. The first kappa shape index (κ1) is 10.2. The van der Waals surface area contributed by atoms with Gasteiger partial charge >= 0.3 is 0 Å². The molecule has 0 spiro atoms. The Morgan fingerprint density at radius 3 is 2.35 bits per heavy atom. The van der Waals surface area contributed by atoms with Gasteiger partial charge in [0.1, 0.15) is 0 Å². The predicted molar refractivity (Wildman–Crippen MR) is 73.7 cm³/mol. The summed E-state index contributed by atoms with van der Waals surface area (Å²) in [5.74, 6) is 0. The first-order chi connectivity index (χ1) is 8.34. The van der Waals surface area contributed by atoms with Crippen molar-refractivity contribution in [2.45, 2.75) is 6.54 Å². The molecular weight excluding hydrogens is 205 g/mol. The molecule has 0 atom stereocenters. The van der Waals surface area contributed by atoms with Gasteiger partial charge in [0.2, 0.25) is 7.98 Å². The summed E-state index contributed by atoms with van der Waals surface area (Å²) in [7, 11) is 6.13. The Morgan fingerprint density at radius 1 is 0.824 bits per heavy atom. The van der Waals surface area contributed by atoms with Gasteiger partial charge in [-0.05, 0) is 22.8 Å². The second-order valence-corrected chi connectivity index (χ2v) is 4.22. The third-order valence-electron chi connectivity index (χ3n) is 3.08. The van der Waals surface area contributed by atoms with Crippen molar-refractivity contribution in [3.05, 3.63) is 65.2 Å². The summed E-state index contributed by atoms with van der Waals surface area (Å²) in [5.41, 5.74) is 4.71. The molecule has 1 aliphatic heterocycles. The van der Waals surface area contributed by atoms with Gasteiger partial charge in [-0.15, -0.1) is 0 Å². The largest absolute Gasteiger partial charge is 0.421 e. The zero-order valence-electron chi connectivity index (χ0n) is 9.51. The maximum absolute atomic E-state index is 6.13. The molecule has 17 heavy (non-hydrogen) atoms. The van der Waals surface area contributed by atoms with E-state index in [4.69, 9.17) is 7.98 Å². The van der Waals surface area contributed by atoms with Crippen LogP contribution in [0, 0.1) is 0 Å². The quantitative estimate of drug-likeness (QED) is 0.612. The summed E-state index contributed by atoms with van der Waals surface area (Å²) in [6.07, 6.45) is 4.27. The van der Waals surface area contributed by atoms with Crippen LogP contribution < -0.4 is 4.81 Å². The number of hydrogen-bond acceptors (Lipinski definition) is 1. The Morgan fingerprint density at radius 2 is 1.47 bits per heavy atom. The molecular formula is C15H12BN. The smallest absolute Gasteiger partial charge is 0.227 e. The van der Waals surface area contributed by atoms with Gasteiger partial charge in [-0.3, -0.25) is 0 Å². The minimum absolute atomic E-state index is 0.734. The molecule has 80 valence electrons. The minimum Gasteiger partial charge on any atom is -0.421 e. The third-order valence-corrected chi connectivity index (χ3v) is 3.08. The zero-order valence-corrected chi connectivity index (χ0v) is 9.51. The first-order valence-corrected chi connectivity index (χ1v) is 5.72. The lowest BCUT2D eigenvalue weighted by molar-refractivity contribution is 1.04. The van der Waals surface area contributed by atoms with Gasteiger partial charge in [0.25, 0.3) is 0 Å². The van der Waals surface area contributed by atoms with E-state index in [2.05, 4.69) is 36.4 Å². The van der Waals surface area contributed by atoms with Gasteiger partial charge in [0.15, 0.2) is 0 Å². The van der Waals surface area contributed by atoms with Gasteiger partial charge in [-0.2, -0.15) is 0 Å². The van der Waals surface area contributed by atoms with Crippen molar-refractivity contribution in [1.29, 1.82) is 0 Å². The number of para-hydroxylation sites is 1. The van der Waals surface area contributed by atoms with Crippen LogP contribution in [-0.2, 0) is 6.54 Å². The van der Waals surface area contributed by atoms with E-state index >= 15 is 0 Å². The Bertz CT molecular complexity index is 575. The molecule has 0 aromatic heterocycles. The van der Waals surface area contributed by atoms with Crippen molar-refractivity contribution in [3.63, 3.8) is 0 Å². The van der Waals surface area contributed by atoms with E-state index in [-0.39, 0.29) is 0 Å². The maximum atomic E-state index is 6.13. The molecule has 1 heterocycles. The van der Waals surface area contributed by atoms with Crippen molar-refractivity contribution < 1.29 is 0 Å². The second kappa shape index (κ2) is 4.13. The summed E-state index contributed by atoms with van der Waals surface area (Å²) in [4.78, 5) is 1.80. The molecule has 0 bridgehead atoms. The highest BCUT2D eigenvalue weighted by Crippen LogP contribution is 2.26.